The maximum Gasteiger partial charge on any atom is 0.0346 e. The van der Waals surface area contributed by atoms with Gasteiger partial charge in [-0.25, -0.2) is 0 Å². The lowest BCUT2D eigenvalue weighted by Gasteiger charge is -2.24. The van der Waals surface area contributed by atoms with Crippen LogP contribution in [-0.4, -0.2) is 4.98 Å². The van der Waals surface area contributed by atoms with Gasteiger partial charge in [0.1, 0.15) is 0 Å². The van der Waals surface area contributed by atoms with Gasteiger partial charge in [-0.2, -0.15) is 0 Å². The first-order valence-corrected chi connectivity index (χ1v) is 14.6. The van der Waals surface area contributed by atoms with Gasteiger partial charge in [0.2, 0.25) is 0 Å². The second-order valence-electron chi connectivity index (χ2n) is 13.3. The van der Waals surface area contributed by atoms with Crippen molar-refractivity contribution in [2.45, 2.75) is 45.4 Å². The maximum absolute atomic E-state index is 4.50. The first kappa shape index (κ1) is 24.3. The molecule has 1 aliphatic rings. The van der Waals surface area contributed by atoms with Crippen LogP contribution < -0.4 is 0 Å². The quantitative estimate of drug-likeness (QED) is 0.204. The van der Waals surface area contributed by atoms with Gasteiger partial charge in [0.15, 0.2) is 0 Å². The van der Waals surface area contributed by atoms with Gasteiger partial charge in [0.05, 0.1) is 0 Å². The highest BCUT2D eigenvalue weighted by Crippen LogP contribution is 2.51. The molecule has 0 unspecified atom stereocenters. The maximum atomic E-state index is 4.50. The van der Waals surface area contributed by atoms with Crippen molar-refractivity contribution in [2.24, 2.45) is 0 Å². The molecule has 1 aromatic heterocycles. The molecule has 1 heterocycles. The molecule has 8 rings (SSSR count). The average Bonchev–Trinajstić information content (AvgIpc) is 3.21. The highest BCUT2D eigenvalue weighted by atomic mass is 14.6. The van der Waals surface area contributed by atoms with Crippen molar-refractivity contribution in [3.05, 3.63) is 126 Å². The number of hydrogen-bond donors (Lipinski definition) is 0. The monoisotopic (exact) mass is 527 g/mol. The summed E-state index contributed by atoms with van der Waals surface area (Å²) < 4.78 is 0. The van der Waals surface area contributed by atoms with Gasteiger partial charge < -0.3 is 0 Å². The summed E-state index contributed by atoms with van der Waals surface area (Å²) in [4.78, 5) is 4.50. The van der Waals surface area contributed by atoms with Crippen LogP contribution in [0.5, 0.6) is 0 Å². The molecule has 0 bridgehead atoms. The summed E-state index contributed by atoms with van der Waals surface area (Å²) in [5.74, 6) is 0. The molecule has 1 aliphatic carbocycles. The third-order valence-electron chi connectivity index (χ3n) is 9.45. The van der Waals surface area contributed by atoms with Crippen LogP contribution in [-0.2, 0) is 10.8 Å². The summed E-state index contributed by atoms with van der Waals surface area (Å²) in [6, 6.07) is 36.7. The third kappa shape index (κ3) is 3.45. The predicted octanol–water partition coefficient (Wildman–Crippen LogP) is 10.9. The molecule has 6 aromatic carbocycles. The van der Waals surface area contributed by atoms with Gasteiger partial charge in [-0.15, -0.1) is 0 Å². The van der Waals surface area contributed by atoms with E-state index >= 15 is 0 Å². The summed E-state index contributed by atoms with van der Waals surface area (Å²) in [5, 5.41) is 7.92. The minimum absolute atomic E-state index is 0.0404. The average molecular weight is 528 g/mol. The van der Waals surface area contributed by atoms with Crippen molar-refractivity contribution in [2.75, 3.05) is 0 Å². The molecule has 198 valence electrons. The zero-order valence-electron chi connectivity index (χ0n) is 24.3. The Bertz CT molecular complexity index is 2120. The van der Waals surface area contributed by atoms with Crippen LogP contribution in [0.2, 0.25) is 0 Å². The number of aromatic nitrogens is 1. The lowest BCUT2D eigenvalue weighted by Crippen LogP contribution is -2.14. The molecule has 0 N–H and O–H groups in total. The van der Waals surface area contributed by atoms with E-state index in [1.165, 1.54) is 76.8 Å². The number of fused-ring (bicyclic) bond motifs is 3. The fourth-order valence-corrected chi connectivity index (χ4v) is 7.22. The van der Waals surface area contributed by atoms with E-state index in [2.05, 4.69) is 131 Å². The highest BCUT2D eigenvalue weighted by molar-refractivity contribution is 6.28. The van der Waals surface area contributed by atoms with Crippen LogP contribution >= 0.6 is 0 Å². The molecule has 0 saturated heterocycles. The van der Waals surface area contributed by atoms with E-state index in [1.54, 1.807) is 0 Å². The van der Waals surface area contributed by atoms with Crippen molar-refractivity contribution < 1.29 is 0 Å². The minimum Gasteiger partial charge on any atom is -0.264 e. The first-order chi connectivity index (χ1) is 19.7. The lowest BCUT2D eigenvalue weighted by molar-refractivity contribution is 0.591. The first-order valence-electron chi connectivity index (χ1n) is 14.6. The molecule has 0 aliphatic heterocycles. The standard InChI is InChI=1S/C40H33N/c1-39(2,3)28-19-25-13-16-31-33(24-12-15-30-29-10-6-7-11-35(29)40(4,5)36(30)21-24)22-34(27-9-8-18-41-23-27)32-17-14-26(20-28)37(25)38(31)32/h6-23H,1-5H3. The van der Waals surface area contributed by atoms with E-state index in [0.29, 0.717) is 0 Å². The molecule has 0 fully saturated rings. The smallest absolute Gasteiger partial charge is 0.0346 e. The van der Waals surface area contributed by atoms with Crippen molar-refractivity contribution in [1.29, 1.82) is 0 Å². The molecular weight excluding hydrogens is 494 g/mol. The van der Waals surface area contributed by atoms with Crippen LogP contribution in [0.25, 0.3) is 65.7 Å². The van der Waals surface area contributed by atoms with E-state index in [0.717, 1.165) is 5.56 Å². The lowest BCUT2D eigenvalue weighted by atomic mass is 9.80. The summed E-state index contributed by atoms with van der Waals surface area (Å²) in [6.07, 6.45) is 3.85. The third-order valence-corrected chi connectivity index (χ3v) is 9.45. The van der Waals surface area contributed by atoms with Gasteiger partial charge in [-0.3, -0.25) is 4.98 Å². The fourth-order valence-electron chi connectivity index (χ4n) is 7.22. The Morgan fingerprint density at radius 3 is 1.93 bits per heavy atom. The SMILES string of the molecule is CC(C)(C)c1cc2ccc3c(-c4cccnc4)cc(-c4ccc5c(c4)C(C)(C)c4ccccc4-5)c4ccc(c1)c2c34. The van der Waals surface area contributed by atoms with E-state index in [4.69, 9.17) is 0 Å². The Labute approximate surface area is 241 Å². The molecule has 7 aromatic rings. The second kappa shape index (κ2) is 8.27. The Hall–Kier alpha value is -4.49. The highest BCUT2D eigenvalue weighted by Gasteiger charge is 2.35. The largest absolute Gasteiger partial charge is 0.264 e. The topological polar surface area (TPSA) is 12.9 Å². The molecule has 0 radical (unpaired) electrons. The normalized spacial score (nSPS) is 14.2. The Morgan fingerprint density at radius 1 is 0.561 bits per heavy atom. The van der Waals surface area contributed by atoms with Crippen LogP contribution in [0.1, 0.15) is 51.3 Å². The molecular formula is C40H33N. The van der Waals surface area contributed by atoms with E-state index in [1.807, 2.05) is 18.5 Å². The molecule has 0 amide bonds. The number of hydrogen-bond acceptors (Lipinski definition) is 1. The summed E-state index contributed by atoms with van der Waals surface area (Å²) in [6.45, 7) is 11.6. The number of benzene rings is 6. The van der Waals surface area contributed by atoms with Crippen molar-refractivity contribution in [3.63, 3.8) is 0 Å². The van der Waals surface area contributed by atoms with Gasteiger partial charge in [-0.05, 0) is 100 Å². The number of nitrogens with zero attached hydrogens (tertiary/aromatic N) is 1. The molecule has 0 spiro atoms. The van der Waals surface area contributed by atoms with Crippen molar-refractivity contribution in [1.82, 2.24) is 4.98 Å². The molecule has 0 atom stereocenters. The van der Waals surface area contributed by atoms with Gasteiger partial charge in [0, 0.05) is 23.4 Å². The summed E-state index contributed by atoms with van der Waals surface area (Å²) in [5.41, 5.74) is 11.9. The molecule has 0 saturated carbocycles. The second-order valence-corrected chi connectivity index (χ2v) is 13.3. The molecule has 1 heteroatoms. The summed E-state index contributed by atoms with van der Waals surface area (Å²) in [7, 11) is 0. The molecule has 1 nitrogen and oxygen atoms in total. The zero-order valence-corrected chi connectivity index (χ0v) is 24.3. The minimum atomic E-state index is -0.0404. The Morgan fingerprint density at radius 2 is 1.24 bits per heavy atom. The summed E-state index contributed by atoms with van der Waals surface area (Å²) >= 11 is 0. The fraction of sp³-hybridized carbons (Fsp3) is 0.175. The van der Waals surface area contributed by atoms with Crippen molar-refractivity contribution >= 4 is 32.3 Å². The number of pyridine rings is 1. The molecule has 41 heavy (non-hydrogen) atoms. The van der Waals surface area contributed by atoms with Crippen LogP contribution in [0.15, 0.2) is 109 Å². The van der Waals surface area contributed by atoms with Gasteiger partial charge in [-0.1, -0.05) is 113 Å². The van der Waals surface area contributed by atoms with E-state index < -0.39 is 0 Å². The Kier molecular flexibility index (Phi) is 4.91. The van der Waals surface area contributed by atoms with E-state index in [9.17, 15) is 0 Å². The number of rotatable bonds is 2. The van der Waals surface area contributed by atoms with Gasteiger partial charge in [0.25, 0.3) is 0 Å². The van der Waals surface area contributed by atoms with Crippen molar-refractivity contribution in [3.8, 4) is 33.4 Å². The van der Waals surface area contributed by atoms with E-state index in [-0.39, 0.29) is 10.8 Å². The predicted molar refractivity (Wildman–Crippen MR) is 175 cm³/mol. The van der Waals surface area contributed by atoms with Gasteiger partial charge >= 0.3 is 0 Å². The van der Waals surface area contributed by atoms with Crippen LogP contribution in [0, 0.1) is 0 Å². The van der Waals surface area contributed by atoms with Crippen LogP contribution in [0.4, 0.5) is 0 Å². The Balaban J connectivity index is 1.46. The van der Waals surface area contributed by atoms with Crippen LogP contribution in [0.3, 0.4) is 0 Å². The zero-order chi connectivity index (χ0) is 28.1.